The maximum Gasteiger partial charge on any atom is 0.191 e. The highest BCUT2D eigenvalue weighted by Gasteiger charge is 2.34. The number of halogens is 1. The van der Waals surface area contributed by atoms with Crippen molar-refractivity contribution >= 4 is 41.3 Å². The number of hydrogen-bond donors (Lipinski definition) is 2. The molecule has 1 fully saturated rings. The van der Waals surface area contributed by atoms with Crippen molar-refractivity contribution in [1.29, 1.82) is 0 Å². The minimum absolute atomic E-state index is 0. The van der Waals surface area contributed by atoms with Gasteiger partial charge in [0.05, 0.1) is 13.7 Å². The molecule has 2 N–H and O–H groups in total. The van der Waals surface area contributed by atoms with Crippen molar-refractivity contribution in [1.82, 2.24) is 10.6 Å². The molecule has 0 radical (unpaired) electrons. The summed E-state index contributed by atoms with van der Waals surface area (Å²) in [5.74, 6) is 1.77. The van der Waals surface area contributed by atoms with Gasteiger partial charge in [-0.1, -0.05) is 18.2 Å². The molecular weight excluding hydrogens is 497 g/mol. The van der Waals surface area contributed by atoms with Crippen LogP contribution in [0.15, 0.2) is 46.8 Å². The van der Waals surface area contributed by atoms with Gasteiger partial charge in [-0.25, -0.2) is 0 Å². The quantitative estimate of drug-likeness (QED) is 0.306. The fourth-order valence-corrected chi connectivity index (χ4v) is 4.28. The average Bonchev–Trinajstić information content (AvgIpc) is 3.26. The van der Waals surface area contributed by atoms with Crippen molar-refractivity contribution in [3.63, 3.8) is 0 Å². The summed E-state index contributed by atoms with van der Waals surface area (Å²) in [6.07, 6.45) is 2.98. The van der Waals surface area contributed by atoms with Gasteiger partial charge in [-0.2, -0.15) is 0 Å². The lowest BCUT2D eigenvalue weighted by molar-refractivity contribution is 0.0531. The van der Waals surface area contributed by atoms with E-state index in [1.54, 1.807) is 18.4 Å². The zero-order chi connectivity index (χ0) is 19.7. The first-order valence-electron chi connectivity index (χ1n) is 10.0. The second-order valence-corrected chi connectivity index (χ2v) is 8.10. The summed E-state index contributed by atoms with van der Waals surface area (Å²) < 4.78 is 11.0. The number of ether oxygens (including phenoxy) is 2. The summed E-state index contributed by atoms with van der Waals surface area (Å²) in [5, 5.41) is 8.98. The number of rotatable bonds is 8. The van der Waals surface area contributed by atoms with Gasteiger partial charge in [-0.15, -0.1) is 35.3 Å². The maximum absolute atomic E-state index is 5.65. The summed E-state index contributed by atoms with van der Waals surface area (Å²) >= 11 is 1.80. The average molecular weight is 529 g/mol. The highest BCUT2D eigenvalue weighted by Crippen LogP contribution is 2.36. The molecule has 0 atom stereocenters. The van der Waals surface area contributed by atoms with Crippen LogP contribution in [0.3, 0.4) is 0 Å². The third-order valence-electron chi connectivity index (χ3n) is 5.28. The zero-order valence-electron chi connectivity index (χ0n) is 17.3. The summed E-state index contributed by atoms with van der Waals surface area (Å²) in [4.78, 5) is 6.35. The van der Waals surface area contributed by atoms with Gasteiger partial charge in [-0.05, 0) is 55.3 Å². The van der Waals surface area contributed by atoms with Crippen LogP contribution in [0, 0.1) is 0 Å². The van der Waals surface area contributed by atoms with Crippen LogP contribution in [0.1, 0.15) is 30.2 Å². The monoisotopic (exact) mass is 529 g/mol. The molecule has 1 aliphatic rings. The number of guanidine groups is 1. The van der Waals surface area contributed by atoms with Crippen molar-refractivity contribution in [3.05, 3.63) is 52.2 Å². The predicted octanol–water partition coefficient (Wildman–Crippen LogP) is 4.22. The number of hydrogen-bond acceptors (Lipinski definition) is 4. The molecule has 1 aromatic heterocycles. The predicted molar refractivity (Wildman–Crippen MR) is 132 cm³/mol. The van der Waals surface area contributed by atoms with Crippen LogP contribution in [0.5, 0.6) is 5.75 Å². The molecule has 1 aromatic carbocycles. The van der Waals surface area contributed by atoms with E-state index < -0.39 is 0 Å². The van der Waals surface area contributed by atoms with Gasteiger partial charge in [-0.3, -0.25) is 4.99 Å². The summed E-state index contributed by atoms with van der Waals surface area (Å²) in [6.45, 7) is 6.14. The number of methoxy groups -OCH3 is 1. The van der Waals surface area contributed by atoms with Crippen LogP contribution in [0.4, 0.5) is 0 Å². The molecule has 1 saturated heterocycles. The molecule has 0 spiro atoms. The highest BCUT2D eigenvalue weighted by molar-refractivity contribution is 14.0. The summed E-state index contributed by atoms with van der Waals surface area (Å²) in [7, 11) is 1.70. The Morgan fingerprint density at radius 2 is 1.93 bits per heavy atom. The molecule has 0 bridgehead atoms. The van der Waals surface area contributed by atoms with Crippen LogP contribution in [-0.4, -0.2) is 45.9 Å². The lowest BCUT2D eigenvalue weighted by Crippen LogP contribution is -2.41. The van der Waals surface area contributed by atoms with E-state index in [2.05, 4.69) is 47.2 Å². The lowest BCUT2D eigenvalue weighted by atomic mass is 9.74. The number of thiophene rings is 1. The molecule has 0 aliphatic carbocycles. The Kier molecular flexibility index (Phi) is 10.2. The van der Waals surface area contributed by atoms with E-state index in [4.69, 9.17) is 14.5 Å². The van der Waals surface area contributed by atoms with E-state index in [-0.39, 0.29) is 29.4 Å². The molecule has 0 amide bonds. The van der Waals surface area contributed by atoms with Gasteiger partial charge in [0.25, 0.3) is 0 Å². The Bertz CT molecular complexity index is 729. The molecule has 7 heteroatoms. The normalized spacial score (nSPS) is 16.0. The van der Waals surface area contributed by atoms with Gasteiger partial charge in [0, 0.05) is 36.6 Å². The highest BCUT2D eigenvalue weighted by atomic mass is 127. The van der Waals surface area contributed by atoms with Gasteiger partial charge in [0.2, 0.25) is 0 Å². The SMILES string of the molecule is CCNC(=NCC1(c2ccc(OC)cc2)CCOCC1)NCCc1cccs1.I. The molecule has 0 unspecified atom stereocenters. The Hall–Kier alpha value is -1.32. The second kappa shape index (κ2) is 12.4. The number of nitrogens with zero attached hydrogens (tertiary/aromatic N) is 1. The molecule has 1 aliphatic heterocycles. The fraction of sp³-hybridized carbons (Fsp3) is 0.500. The topological polar surface area (TPSA) is 54.9 Å². The van der Waals surface area contributed by atoms with Crippen molar-refractivity contribution in [2.24, 2.45) is 4.99 Å². The van der Waals surface area contributed by atoms with E-state index in [1.165, 1.54) is 10.4 Å². The molecule has 2 heterocycles. The van der Waals surface area contributed by atoms with Crippen LogP contribution < -0.4 is 15.4 Å². The first-order chi connectivity index (χ1) is 13.8. The van der Waals surface area contributed by atoms with Gasteiger partial charge >= 0.3 is 0 Å². The van der Waals surface area contributed by atoms with Crippen LogP contribution in [-0.2, 0) is 16.6 Å². The first kappa shape index (κ1) is 24.0. The van der Waals surface area contributed by atoms with Crippen LogP contribution in [0.25, 0.3) is 0 Å². The van der Waals surface area contributed by atoms with Crippen molar-refractivity contribution in [2.45, 2.75) is 31.6 Å². The summed E-state index contributed by atoms with van der Waals surface area (Å²) in [6, 6.07) is 12.7. The maximum atomic E-state index is 5.65. The Balaban J connectivity index is 0.00000300. The van der Waals surface area contributed by atoms with Crippen molar-refractivity contribution in [2.75, 3.05) is 40.0 Å². The van der Waals surface area contributed by atoms with Gasteiger partial charge in [0.15, 0.2) is 5.96 Å². The van der Waals surface area contributed by atoms with E-state index in [0.29, 0.717) is 0 Å². The molecular formula is C22H32IN3O2S. The smallest absolute Gasteiger partial charge is 0.191 e. The third-order valence-corrected chi connectivity index (χ3v) is 6.22. The number of nitrogens with one attached hydrogen (secondary N) is 2. The molecule has 5 nitrogen and oxygen atoms in total. The van der Waals surface area contributed by atoms with Crippen molar-refractivity contribution < 1.29 is 9.47 Å². The molecule has 2 aromatic rings. The Morgan fingerprint density at radius 1 is 1.17 bits per heavy atom. The van der Waals surface area contributed by atoms with Gasteiger partial charge < -0.3 is 20.1 Å². The number of benzene rings is 1. The zero-order valence-corrected chi connectivity index (χ0v) is 20.4. The molecule has 3 rings (SSSR count). The van der Waals surface area contributed by atoms with Gasteiger partial charge in [0.1, 0.15) is 5.75 Å². The lowest BCUT2D eigenvalue weighted by Gasteiger charge is -2.36. The van der Waals surface area contributed by atoms with E-state index in [9.17, 15) is 0 Å². The molecule has 160 valence electrons. The molecule has 29 heavy (non-hydrogen) atoms. The fourth-order valence-electron chi connectivity index (χ4n) is 3.58. The van der Waals surface area contributed by atoms with E-state index in [1.807, 2.05) is 12.1 Å². The third kappa shape index (κ3) is 6.86. The number of aliphatic imine (C=N–C) groups is 1. The minimum atomic E-state index is 0. The van der Waals surface area contributed by atoms with E-state index >= 15 is 0 Å². The first-order valence-corrected chi connectivity index (χ1v) is 10.9. The summed E-state index contributed by atoms with van der Waals surface area (Å²) in [5.41, 5.74) is 1.33. The second-order valence-electron chi connectivity index (χ2n) is 7.07. The Labute approximate surface area is 195 Å². The largest absolute Gasteiger partial charge is 0.497 e. The van der Waals surface area contributed by atoms with E-state index in [0.717, 1.165) is 63.8 Å². The van der Waals surface area contributed by atoms with Crippen molar-refractivity contribution in [3.8, 4) is 5.75 Å². The van der Waals surface area contributed by atoms with Crippen LogP contribution >= 0.6 is 35.3 Å². The standard InChI is InChI=1S/C22H31N3O2S.HI/c1-3-23-21(24-13-10-20-5-4-16-28-20)25-17-22(11-14-27-15-12-22)18-6-8-19(26-2)9-7-18;/h4-9,16H,3,10-15,17H2,1-2H3,(H2,23,24,25);1H. The minimum Gasteiger partial charge on any atom is -0.497 e. The van der Waals surface area contributed by atoms with Crippen LogP contribution in [0.2, 0.25) is 0 Å². The Morgan fingerprint density at radius 3 is 2.55 bits per heavy atom. The molecule has 0 saturated carbocycles.